The second kappa shape index (κ2) is 11.3. The number of thioether (sulfide) groups is 1. The first-order valence-corrected chi connectivity index (χ1v) is 11.8. The van der Waals surface area contributed by atoms with Crippen LogP contribution in [0.1, 0.15) is 40.7 Å². The summed E-state index contributed by atoms with van der Waals surface area (Å²) in [5.41, 5.74) is 8.14. The molecular weight excluding hydrogens is 455 g/mol. The van der Waals surface area contributed by atoms with E-state index < -0.39 is 7.82 Å². The number of aromatic nitrogens is 2. The number of benzene rings is 1. The summed E-state index contributed by atoms with van der Waals surface area (Å²) in [6.45, 7) is 4.84. The number of phosphoric acid groups is 1. The number of allylic oxidation sites excluding steroid dienone is 1. The Bertz CT molecular complexity index is 1070. The summed E-state index contributed by atoms with van der Waals surface area (Å²) in [7, 11) is -4.68. The molecule has 12 heteroatoms. The van der Waals surface area contributed by atoms with Crippen molar-refractivity contribution in [3.05, 3.63) is 63.6 Å². The Morgan fingerprint density at radius 2 is 2.00 bits per heavy atom. The molecule has 32 heavy (non-hydrogen) atoms. The molecule has 10 nitrogen and oxygen atoms in total. The van der Waals surface area contributed by atoms with Crippen LogP contribution in [-0.2, 0) is 20.4 Å². The summed E-state index contributed by atoms with van der Waals surface area (Å²) in [5, 5.41) is -0.266. The van der Waals surface area contributed by atoms with Crippen LogP contribution in [0.15, 0.2) is 41.1 Å². The van der Waals surface area contributed by atoms with Gasteiger partial charge in [-0.25, -0.2) is 14.5 Å². The maximum absolute atomic E-state index is 12.9. The van der Waals surface area contributed by atoms with Gasteiger partial charge in [0.15, 0.2) is 0 Å². The minimum atomic E-state index is -4.68. The molecule has 0 atom stereocenters. The van der Waals surface area contributed by atoms with E-state index in [1.54, 1.807) is 39.0 Å². The first-order valence-electron chi connectivity index (χ1n) is 9.49. The third-order valence-corrected chi connectivity index (χ3v) is 6.16. The molecule has 0 aliphatic carbocycles. The largest absolute Gasteiger partial charge is 0.469 e. The van der Waals surface area contributed by atoms with Crippen molar-refractivity contribution < 1.29 is 28.5 Å². The Balaban J connectivity index is 2.34. The molecule has 0 unspecified atom stereocenters. The lowest BCUT2D eigenvalue weighted by atomic mass is 10.1. The summed E-state index contributed by atoms with van der Waals surface area (Å²) in [4.78, 5) is 52.6. The van der Waals surface area contributed by atoms with Crippen LogP contribution in [0, 0.1) is 13.8 Å². The van der Waals surface area contributed by atoms with E-state index in [9.17, 15) is 14.2 Å². The minimum absolute atomic E-state index is 0.00342. The van der Waals surface area contributed by atoms with Crippen LogP contribution in [-0.4, -0.2) is 42.8 Å². The van der Waals surface area contributed by atoms with Gasteiger partial charge in [-0.2, -0.15) is 0 Å². The molecule has 0 saturated heterocycles. The Hall–Kier alpha value is -2.56. The number of carbonyl (C=O) groups excluding carboxylic acids is 2. The van der Waals surface area contributed by atoms with Gasteiger partial charge in [0, 0.05) is 34.3 Å². The molecule has 1 aromatic carbocycles. The molecule has 1 amide bonds. The lowest BCUT2D eigenvalue weighted by molar-refractivity contribution is -0.116. The fourth-order valence-electron chi connectivity index (χ4n) is 2.74. The third-order valence-electron chi connectivity index (χ3n) is 4.49. The second-order valence-corrected chi connectivity index (χ2v) is 9.15. The summed E-state index contributed by atoms with van der Waals surface area (Å²) >= 11 is 0.876. The Labute approximate surface area is 190 Å². The maximum atomic E-state index is 12.9. The minimum Gasteiger partial charge on any atom is -0.383 e. The van der Waals surface area contributed by atoms with E-state index in [0.717, 1.165) is 17.3 Å². The van der Waals surface area contributed by atoms with Gasteiger partial charge in [0.2, 0.25) is 11.5 Å². The average molecular weight is 480 g/mol. The summed E-state index contributed by atoms with van der Waals surface area (Å²) < 4.78 is 15.6. The van der Waals surface area contributed by atoms with E-state index in [4.69, 9.17) is 15.5 Å². The standard InChI is InChI=1S/C20H25N4O6PS/c1-13-6-4-5-7-17(13)20(26)32-18(8-9-30-31(27,28)29)14(2)24(12-25)11-16-10-22-15(3)23-19(16)21/h4-7,10,12H,8-9,11H2,1-3H3,(H2,21,22,23)(H2,27,28,29)/b18-14-. The fraction of sp³-hybridized carbons (Fsp3) is 0.300. The summed E-state index contributed by atoms with van der Waals surface area (Å²) in [6.07, 6.45) is 2.10. The Morgan fingerprint density at radius 1 is 1.31 bits per heavy atom. The number of nitrogens with zero attached hydrogens (tertiary/aromatic N) is 3. The Morgan fingerprint density at radius 3 is 2.59 bits per heavy atom. The van der Waals surface area contributed by atoms with Crippen LogP contribution in [0.4, 0.5) is 5.82 Å². The first kappa shape index (κ1) is 25.7. The van der Waals surface area contributed by atoms with Gasteiger partial charge in [0.25, 0.3) is 0 Å². The quantitative estimate of drug-likeness (QED) is 0.341. The number of nitrogens with two attached hydrogens (primary N) is 1. The van der Waals surface area contributed by atoms with Gasteiger partial charge in [-0.1, -0.05) is 24.3 Å². The van der Waals surface area contributed by atoms with E-state index in [-0.39, 0.29) is 30.5 Å². The predicted molar refractivity (Wildman–Crippen MR) is 121 cm³/mol. The number of amides is 1. The molecule has 0 fully saturated rings. The van der Waals surface area contributed by atoms with Crippen LogP contribution in [0.5, 0.6) is 0 Å². The average Bonchev–Trinajstić information content (AvgIpc) is 2.71. The van der Waals surface area contributed by atoms with Crippen molar-refractivity contribution in [3.63, 3.8) is 0 Å². The molecule has 0 aliphatic rings. The van der Waals surface area contributed by atoms with Crippen LogP contribution in [0.25, 0.3) is 0 Å². The molecule has 4 N–H and O–H groups in total. The highest BCUT2D eigenvalue weighted by molar-refractivity contribution is 8.17. The van der Waals surface area contributed by atoms with E-state index in [1.165, 1.54) is 11.1 Å². The zero-order chi connectivity index (χ0) is 23.9. The van der Waals surface area contributed by atoms with Crippen molar-refractivity contribution in [1.29, 1.82) is 0 Å². The first-order chi connectivity index (χ1) is 15.0. The van der Waals surface area contributed by atoms with Crippen molar-refractivity contribution in [2.24, 2.45) is 0 Å². The Kier molecular flexibility index (Phi) is 9.11. The molecule has 172 valence electrons. The number of phosphoric ester groups is 1. The molecule has 0 spiro atoms. The molecule has 1 aromatic heterocycles. The summed E-state index contributed by atoms with van der Waals surface area (Å²) in [5.74, 6) is 0.720. The zero-order valence-electron chi connectivity index (χ0n) is 17.9. The van der Waals surface area contributed by atoms with Gasteiger partial charge < -0.3 is 20.4 Å². The molecule has 0 bridgehead atoms. The third kappa shape index (κ3) is 7.54. The van der Waals surface area contributed by atoms with Crippen molar-refractivity contribution >= 4 is 36.9 Å². The number of anilines is 1. The van der Waals surface area contributed by atoms with Gasteiger partial charge in [-0.15, -0.1) is 0 Å². The molecule has 1 heterocycles. The highest BCUT2D eigenvalue weighted by Crippen LogP contribution is 2.37. The van der Waals surface area contributed by atoms with Gasteiger partial charge in [0.1, 0.15) is 11.6 Å². The van der Waals surface area contributed by atoms with Gasteiger partial charge in [-0.05, 0) is 38.1 Å². The van der Waals surface area contributed by atoms with Crippen molar-refractivity contribution in [2.75, 3.05) is 12.3 Å². The second-order valence-electron chi connectivity index (χ2n) is 6.85. The number of aryl methyl sites for hydroxylation is 2. The molecule has 0 saturated carbocycles. The molecule has 2 rings (SSSR count). The van der Waals surface area contributed by atoms with Gasteiger partial charge >= 0.3 is 7.82 Å². The topological polar surface area (TPSA) is 156 Å². The lowest BCUT2D eigenvalue weighted by Crippen LogP contribution is -2.22. The smallest absolute Gasteiger partial charge is 0.383 e. The molecule has 0 aliphatic heterocycles. The monoisotopic (exact) mass is 480 g/mol. The van der Waals surface area contributed by atoms with Crippen molar-refractivity contribution in [3.8, 4) is 0 Å². The molecular formula is C20H25N4O6PS. The van der Waals surface area contributed by atoms with Crippen molar-refractivity contribution in [1.82, 2.24) is 14.9 Å². The predicted octanol–water partition coefficient (Wildman–Crippen LogP) is 2.94. The number of rotatable bonds is 10. The molecule has 2 aromatic rings. The van der Waals surface area contributed by atoms with Crippen LogP contribution >= 0.6 is 19.6 Å². The van der Waals surface area contributed by atoms with E-state index in [0.29, 0.717) is 34.0 Å². The van der Waals surface area contributed by atoms with Crippen LogP contribution in [0.3, 0.4) is 0 Å². The summed E-state index contributed by atoms with van der Waals surface area (Å²) in [6, 6.07) is 7.05. The molecule has 0 radical (unpaired) electrons. The van der Waals surface area contributed by atoms with E-state index in [2.05, 4.69) is 14.5 Å². The highest BCUT2D eigenvalue weighted by atomic mass is 32.2. The lowest BCUT2D eigenvalue weighted by Gasteiger charge is -2.22. The number of carbonyl (C=O) groups is 2. The van der Waals surface area contributed by atoms with Gasteiger partial charge in [-0.3, -0.25) is 14.1 Å². The highest BCUT2D eigenvalue weighted by Gasteiger charge is 2.20. The fourth-order valence-corrected chi connectivity index (χ4v) is 4.09. The van der Waals surface area contributed by atoms with Crippen molar-refractivity contribution in [2.45, 2.75) is 33.7 Å². The zero-order valence-corrected chi connectivity index (χ0v) is 19.6. The van der Waals surface area contributed by atoms with E-state index >= 15 is 0 Å². The number of nitrogen functional groups attached to an aromatic ring is 1. The van der Waals surface area contributed by atoms with Crippen LogP contribution < -0.4 is 5.73 Å². The normalized spacial score (nSPS) is 12.3. The number of hydrogen-bond acceptors (Lipinski definition) is 8. The maximum Gasteiger partial charge on any atom is 0.469 e. The van der Waals surface area contributed by atoms with Crippen LogP contribution in [0.2, 0.25) is 0 Å². The van der Waals surface area contributed by atoms with Gasteiger partial charge in [0.05, 0.1) is 13.2 Å². The SMILES string of the molecule is C/C(=C(\CCOP(=O)(O)O)SC(=O)c1ccccc1C)N(C=O)Cc1cnc(C)nc1N. The van der Waals surface area contributed by atoms with E-state index in [1.807, 2.05) is 6.07 Å². The number of hydrogen-bond donors (Lipinski definition) is 3.